The first-order chi connectivity index (χ1) is 5.58. The molecule has 1 aliphatic rings. The van der Waals surface area contributed by atoms with Gasteiger partial charge >= 0.3 is 0 Å². The number of nitrogens with zero attached hydrogens (tertiary/aromatic N) is 1. The van der Waals surface area contributed by atoms with Gasteiger partial charge in [0.2, 0.25) is 10.0 Å². The maximum atomic E-state index is 10.7. The summed E-state index contributed by atoms with van der Waals surface area (Å²) in [5.41, 5.74) is 0. The number of rotatable bonds is 4. The zero-order valence-electron chi connectivity index (χ0n) is 7.41. The van der Waals surface area contributed by atoms with Gasteiger partial charge in [0.15, 0.2) is 0 Å². The van der Waals surface area contributed by atoms with E-state index in [4.69, 9.17) is 0 Å². The SMILES string of the molecule is CS(=O)(=O)NCCN1CCCC1. The fourth-order valence-corrected chi connectivity index (χ4v) is 1.86. The smallest absolute Gasteiger partial charge is 0.208 e. The summed E-state index contributed by atoms with van der Waals surface area (Å²) in [6.07, 6.45) is 3.69. The molecule has 0 atom stereocenters. The Kier molecular flexibility index (Phi) is 3.49. The summed E-state index contributed by atoms with van der Waals surface area (Å²) in [5.74, 6) is 0. The molecule has 0 aliphatic carbocycles. The average molecular weight is 192 g/mol. The highest BCUT2D eigenvalue weighted by Gasteiger charge is 2.10. The number of sulfonamides is 1. The molecule has 0 unspecified atom stereocenters. The molecule has 0 amide bonds. The van der Waals surface area contributed by atoms with Crippen LogP contribution in [0.3, 0.4) is 0 Å². The Labute approximate surface area is 74.0 Å². The third-order valence-corrected chi connectivity index (χ3v) is 2.72. The number of likely N-dealkylation sites (tertiary alicyclic amines) is 1. The molecule has 0 aromatic rings. The molecule has 1 heterocycles. The lowest BCUT2D eigenvalue weighted by Gasteiger charge is -2.13. The van der Waals surface area contributed by atoms with Crippen LogP contribution >= 0.6 is 0 Å². The highest BCUT2D eigenvalue weighted by molar-refractivity contribution is 7.88. The molecule has 1 saturated heterocycles. The van der Waals surface area contributed by atoms with E-state index in [-0.39, 0.29) is 0 Å². The molecular weight excluding hydrogens is 176 g/mol. The fourth-order valence-electron chi connectivity index (χ4n) is 1.40. The summed E-state index contributed by atoms with van der Waals surface area (Å²) >= 11 is 0. The monoisotopic (exact) mass is 192 g/mol. The average Bonchev–Trinajstić information content (AvgIpc) is 2.36. The predicted octanol–water partition coefficient (Wildman–Crippen LogP) is -0.369. The van der Waals surface area contributed by atoms with E-state index in [0.717, 1.165) is 19.6 Å². The van der Waals surface area contributed by atoms with Crippen molar-refractivity contribution in [2.45, 2.75) is 12.8 Å². The second-order valence-electron chi connectivity index (χ2n) is 3.22. The molecule has 0 aromatic carbocycles. The lowest BCUT2D eigenvalue weighted by molar-refractivity contribution is 0.344. The molecule has 0 bridgehead atoms. The maximum absolute atomic E-state index is 10.7. The van der Waals surface area contributed by atoms with Crippen molar-refractivity contribution in [3.8, 4) is 0 Å². The van der Waals surface area contributed by atoms with E-state index in [1.165, 1.54) is 19.1 Å². The molecule has 0 aromatic heterocycles. The molecule has 5 heteroatoms. The summed E-state index contributed by atoms with van der Waals surface area (Å²) in [6, 6.07) is 0. The standard InChI is InChI=1S/C7H16N2O2S/c1-12(10,11)8-4-7-9-5-2-3-6-9/h8H,2-7H2,1H3. The van der Waals surface area contributed by atoms with Crippen molar-refractivity contribution in [3.05, 3.63) is 0 Å². The molecule has 1 aliphatic heterocycles. The Morgan fingerprint density at radius 2 is 1.92 bits per heavy atom. The molecule has 1 fully saturated rings. The van der Waals surface area contributed by atoms with Crippen LogP contribution < -0.4 is 4.72 Å². The second kappa shape index (κ2) is 4.20. The summed E-state index contributed by atoms with van der Waals surface area (Å²) in [4.78, 5) is 2.28. The maximum Gasteiger partial charge on any atom is 0.208 e. The quantitative estimate of drug-likeness (QED) is 0.661. The van der Waals surface area contributed by atoms with Crippen LogP contribution in [0.15, 0.2) is 0 Å². The minimum absolute atomic E-state index is 0.541. The van der Waals surface area contributed by atoms with Crippen molar-refractivity contribution in [2.24, 2.45) is 0 Å². The molecule has 4 nitrogen and oxygen atoms in total. The van der Waals surface area contributed by atoms with Gasteiger partial charge in [-0.2, -0.15) is 0 Å². The normalized spacial score (nSPS) is 20.1. The Bertz CT molecular complexity index is 220. The van der Waals surface area contributed by atoms with E-state index >= 15 is 0 Å². The largest absolute Gasteiger partial charge is 0.302 e. The van der Waals surface area contributed by atoms with Crippen LogP contribution in [-0.2, 0) is 10.0 Å². The van der Waals surface area contributed by atoms with Crippen molar-refractivity contribution < 1.29 is 8.42 Å². The van der Waals surface area contributed by atoms with Crippen LogP contribution in [0.25, 0.3) is 0 Å². The highest BCUT2D eigenvalue weighted by Crippen LogP contribution is 2.05. The van der Waals surface area contributed by atoms with Crippen molar-refractivity contribution >= 4 is 10.0 Å². The predicted molar refractivity (Wildman–Crippen MR) is 48.5 cm³/mol. The van der Waals surface area contributed by atoms with Crippen LogP contribution in [0.2, 0.25) is 0 Å². The van der Waals surface area contributed by atoms with Crippen LogP contribution in [0.1, 0.15) is 12.8 Å². The van der Waals surface area contributed by atoms with Crippen molar-refractivity contribution in [2.75, 3.05) is 32.4 Å². The van der Waals surface area contributed by atoms with Crippen LogP contribution in [0.5, 0.6) is 0 Å². The van der Waals surface area contributed by atoms with Crippen molar-refractivity contribution in [1.82, 2.24) is 9.62 Å². The lowest BCUT2D eigenvalue weighted by Crippen LogP contribution is -2.32. The Balaban J connectivity index is 2.09. The minimum Gasteiger partial charge on any atom is -0.302 e. The van der Waals surface area contributed by atoms with Gasteiger partial charge in [0.05, 0.1) is 6.26 Å². The molecule has 1 N–H and O–H groups in total. The fraction of sp³-hybridized carbons (Fsp3) is 1.00. The van der Waals surface area contributed by atoms with Crippen LogP contribution in [0, 0.1) is 0 Å². The first-order valence-electron chi connectivity index (χ1n) is 4.25. The second-order valence-corrected chi connectivity index (χ2v) is 5.05. The van der Waals surface area contributed by atoms with Crippen molar-refractivity contribution in [3.63, 3.8) is 0 Å². The van der Waals surface area contributed by atoms with Gasteiger partial charge in [-0.3, -0.25) is 0 Å². The summed E-state index contributed by atoms with van der Waals surface area (Å²) in [5, 5.41) is 0. The first kappa shape index (κ1) is 9.95. The van der Waals surface area contributed by atoms with E-state index in [1.54, 1.807) is 0 Å². The van der Waals surface area contributed by atoms with Gasteiger partial charge in [0.1, 0.15) is 0 Å². The molecule has 1 rings (SSSR count). The van der Waals surface area contributed by atoms with Crippen LogP contribution in [0.4, 0.5) is 0 Å². The van der Waals surface area contributed by atoms with E-state index in [2.05, 4.69) is 9.62 Å². The minimum atomic E-state index is -2.99. The first-order valence-corrected chi connectivity index (χ1v) is 6.14. The number of hydrogen-bond acceptors (Lipinski definition) is 3. The third-order valence-electron chi connectivity index (χ3n) is 1.99. The van der Waals surface area contributed by atoms with E-state index < -0.39 is 10.0 Å². The molecule has 12 heavy (non-hydrogen) atoms. The van der Waals surface area contributed by atoms with Gasteiger partial charge in [-0.05, 0) is 25.9 Å². The molecule has 0 saturated carbocycles. The van der Waals surface area contributed by atoms with Gasteiger partial charge in [-0.15, -0.1) is 0 Å². The zero-order chi connectivity index (χ0) is 9.03. The van der Waals surface area contributed by atoms with Gasteiger partial charge in [-0.1, -0.05) is 0 Å². The van der Waals surface area contributed by atoms with Gasteiger partial charge < -0.3 is 4.90 Å². The zero-order valence-corrected chi connectivity index (χ0v) is 8.23. The van der Waals surface area contributed by atoms with E-state index in [0.29, 0.717) is 6.54 Å². The lowest BCUT2D eigenvalue weighted by atomic mass is 10.4. The topological polar surface area (TPSA) is 49.4 Å². The van der Waals surface area contributed by atoms with Gasteiger partial charge in [0, 0.05) is 13.1 Å². The summed E-state index contributed by atoms with van der Waals surface area (Å²) in [7, 11) is -2.99. The van der Waals surface area contributed by atoms with E-state index in [1.807, 2.05) is 0 Å². The highest BCUT2D eigenvalue weighted by atomic mass is 32.2. The number of nitrogens with one attached hydrogen (secondary N) is 1. The van der Waals surface area contributed by atoms with Crippen molar-refractivity contribution in [1.29, 1.82) is 0 Å². The van der Waals surface area contributed by atoms with Crippen LogP contribution in [-0.4, -0.2) is 45.8 Å². The van der Waals surface area contributed by atoms with Gasteiger partial charge in [0.25, 0.3) is 0 Å². The Hall–Kier alpha value is -0.130. The molecule has 72 valence electrons. The van der Waals surface area contributed by atoms with Gasteiger partial charge in [-0.25, -0.2) is 13.1 Å². The third kappa shape index (κ3) is 4.04. The summed E-state index contributed by atoms with van der Waals surface area (Å²) in [6.45, 7) is 3.61. The molecule has 0 radical (unpaired) electrons. The molecular formula is C7H16N2O2S. The Morgan fingerprint density at radius 1 is 1.33 bits per heavy atom. The Morgan fingerprint density at radius 3 is 2.42 bits per heavy atom. The summed E-state index contributed by atoms with van der Waals surface area (Å²) < 4.78 is 23.8. The van der Waals surface area contributed by atoms with E-state index in [9.17, 15) is 8.42 Å². The number of hydrogen-bond donors (Lipinski definition) is 1. The molecule has 0 spiro atoms.